The summed E-state index contributed by atoms with van der Waals surface area (Å²) >= 11 is 0. The number of ether oxygens (including phenoxy) is 1. The maximum Gasteiger partial charge on any atom is 0.272 e. The van der Waals surface area contributed by atoms with Crippen LogP contribution in [0.3, 0.4) is 0 Å². The Balaban J connectivity index is 0.00000264. The van der Waals surface area contributed by atoms with Crippen LogP contribution in [0.2, 0.25) is 0 Å². The fourth-order valence-corrected chi connectivity index (χ4v) is 2.67. The molecular weight excluding hydrogens is 326 g/mol. The Kier molecular flexibility index (Phi) is 7.72. The van der Waals surface area contributed by atoms with Gasteiger partial charge in [-0.3, -0.25) is 4.79 Å². The Labute approximate surface area is 141 Å². The molecule has 0 bridgehead atoms. The van der Waals surface area contributed by atoms with E-state index in [0.717, 1.165) is 24.8 Å². The number of hydrogen-bond acceptors (Lipinski definition) is 3. The van der Waals surface area contributed by atoms with Crippen molar-refractivity contribution in [2.45, 2.75) is 50.6 Å². The van der Waals surface area contributed by atoms with Crippen LogP contribution in [-0.4, -0.2) is 24.5 Å². The highest BCUT2D eigenvalue weighted by Crippen LogP contribution is 2.26. The number of halogens is 3. The van der Waals surface area contributed by atoms with Crippen molar-refractivity contribution in [1.82, 2.24) is 5.32 Å². The van der Waals surface area contributed by atoms with Gasteiger partial charge in [0.2, 0.25) is 5.91 Å². The second-order valence-electron chi connectivity index (χ2n) is 5.75. The molecule has 7 heteroatoms. The van der Waals surface area contributed by atoms with Gasteiger partial charge in [-0.25, -0.2) is 8.78 Å². The summed E-state index contributed by atoms with van der Waals surface area (Å²) in [6, 6.07) is 6.77. The molecule has 23 heavy (non-hydrogen) atoms. The van der Waals surface area contributed by atoms with Crippen LogP contribution in [0.5, 0.6) is 5.75 Å². The lowest BCUT2D eigenvalue weighted by atomic mass is 9.82. The van der Waals surface area contributed by atoms with E-state index in [1.54, 1.807) is 24.3 Å². The molecule has 1 aromatic carbocycles. The van der Waals surface area contributed by atoms with E-state index in [0.29, 0.717) is 25.1 Å². The molecule has 0 atom stereocenters. The number of amides is 1. The van der Waals surface area contributed by atoms with Crippen molar-refractivity contribution < 1.29 is 18.3 Å². The number of nitrogens with one attached hydrogen (secondary N) is 1. The first-order chi connectivity index (χ1) is 10.5. The molecule has 1 saturated carbocycles. The first kappa shape index (κ1) is 19.6. The van der Waals surface area contributed by atoms with Crippen LogP contribution >= 0.6 is 12.4 Å². The number of carbonyl (C=O) groups excluding carboxylic acids is 1. The fraction of sp³-hybridized carbons (Fsp3) is 0.562. The third-order valence-corrected chi connectivity index (χ3v) is 3.93. The molecule has 3 N–H and O–H groups in total. The van der Waals surface area contributed by atoms with Crippen LogP contribution in [0.15, 0.2) is 24.3 Å². The van der Waals surface area contributed by atoms with Crippen LogP contribution in [-0.2, 0) is 11.3 Å². The average molecular weight is 349 g/mol. The number of carbonyl (C=O) groups is 1. The fourth-order valence-electron chi connectivity index (χ4n) is 2.67. The van der Waals surface area contributed by atoms with Crippen molar-refractivity contribution in [3.05, 3.63) is 29.8 Å². The second-order valence-corrected chi connectivity index (χ2v) is 5.75. The van der Waals surface area contributed by atoms with Gasteiger partial charge in [-0.1, -0.05) is 31.4 Å². The molecule has 0 aromatic heterocycles. The molecule has 0 aliphatic heterocycles. The Morgan fingerprint density at radius 3 is 2.65 bits per heavy atom. The lowest BCUT2D eigenvalue weighted by Crippen LogP contribution is -2.54. The molecule has 2 rings (SSSR count). The number of benzene rings is 1. The van der Waals surface area contributed by atoms with Crippen LogP contribution in [0.1, 0.15) is 37.7 Å². The molecule has 1 aromatic rings. The third kappa shape index (κ3) is 5.95. The predicted octanol–water partition coefficient (Wildman–Crippen LogP) is 3.03. The summed E-state index contributed by atoms with van der Waals surface area (Å²) in [6.45, 7) is -0.328. The van der Waals surface area contributed by atoms with E-state index >= 15 is 0 Å². The summed E-state index contributed by atoms with van der Waals surface area (Å²) in [6.07, 6.45) is 1.97. The molecule has 0 unspecified atom stereocenters. The molecule has 0 saturated heterocycles. The maximum atomic E-state index is 12.2. The second kappa shape index (κ2) is 9.03. The summed E-state index contributed by atoms with van der Waals surface area (Å²) in [5.74, 6) is 0.221. The highest BCUT2D eigenvalue weighted by Gasteiger charge is 2.34. The summed E-state index contributed by atoms with van der Waals surface area (Å²) in [7, 11) is 0. The van der Waals surface area contributed by atoms with Crippen molar-refractivity contribution in [2.75, 3.05) is 6.61 Å². The minimum Gasteiger partial charge on any atom is -0.488 e. The Morgan fingerprint density at radius 2 is 2.00 bits per heavy atom. The van der Waals surface area contributed by atoms with Gasteiger partial charge in [0, 0.05) is 6.54 Å². The average Bonchev–Trinajstić information content (AvgIpc) is 2.51. The van der Waals surface area contributed by atoms with E-state index in [1.165, 1.54) is 0 Å². The van der Waals surface area contributed by atoms with E-state index in [2.05, 4.69) is 5.32 Å². The van der Waals surface area contributed by atoms with Crippen molar-refractivity contribution in [2.24, 2.45) is 5.73 Å². The minimum absolute atomic E-state index is 0. The van der Waals surface area contributed by atoms with E-state index in [9.17, 15) is 13.6 Å². The highest BCUT2D eigenvalue weighted by atomic mass is 35.5. The molecule has 0 heterocycles. The lowest BCUT2D eigenvalue weighted by Gasteiger charge is -2.31. The van der Waals surface area contributed by atoms with E-state index in [1.807, 2.05) is 0 Å². The quantitative estimate of drug-likeness (QED) is 0.830. The van der Waals surface area contributed by atoms with Gasteiger partial charge in [-0.15, -0.1) is 12.4 Å². The molecule has 1 aliphatic rings. The summed E-state index contributed by atoms with van der Waals surface area (Å²) in [5, 5.41) is 2.83. The van der Waals surface area contributed by atoms with Crippen LogP contribution < -0.4 is 15.8 Å². The molecule has 0 spiro atoms. The first-order valence-electron chi connectivity index (χ1n) is 7.57. The number of alkyl halides is 2. The SMILES string of the molecule is Cl.NC1(C(=O)NCc2cccc(OCC(F)F)c2)CCCCC1. The summed E-state index contributed by atoms with van der Waals surface area (Å²) in [5.41, 5.74) is 6.17. The predicted molar refractivity (Wildman–Crippen MR) is 87.0 cm³/mol. The van der Waals surface area contributed by atoms with Gasteiger partial charge in [0.15, 0.2) is 0 Å². The zero-order valence-electron chi connectivity index (χ0n) is 12.9. The van der Waals surface area contributed by atoms with Gasteiger partial charge >= 0.3 is 0 Å². The molecule has 0 radical (unpaired) electrons. The lowest BCUT2D eigenvalue weighted by molar-refractivity contribution is -0.127. The molecule has 1 amide bonds. The van der Waals surface area contributed by atoms with Crippen LogP contribution in [0, 0.1) is 0 Å². The maximum absolute atomic E-state index is 12.2. The zero-order valence-corrected chi connectivity index (χ0v) is 13.7. The van der Waals surface area contributed by atoms with Crippen molar-refractivity contribution in [3.8, 4) is 5.75 Å². The third-order valence-electron chi connectivity index (χ3n) is 3.93. The highest BCUT2D eigenvalue weighted by molar-refractivity contribution is 5.86. The summed E-state index contributed by atoms with van der Waals surface area (Å²) in [4.78, 5) is 12.2. The van der Waals surface area contributed by atoms with E-state index < -0.39 is 18.6 Å². The smallest absolute Gasteiger partial charge is 0.272 e. The van der Waals surface area contributed by atoms with Gasteiger partial charge < -0.3 is 15.8 Å². The number of nitrogens with two attached hydrogens (primary N) is 1. The van der Waals surface area contributed by atoms with Gasteiger partial charge in [-0.2, -0.15) is 0 Å². The van der Waals surface area contributed by atoms with Crippen LogP contribution in [0.25, 0.3) is 0 Å². The molecule has 1 aliphatic carbocycles. The molecule has 4 nitrogen and oxygen atoms in total. The van der Waals surface area contributed by atoms with Crippen molar-refractivity contribution >= 4 is 18.3 Å². The number of rotatable bonds is 6. The van der Waals surface area contributed by atoms with Gasteiger partial charge in [0.05, 0.1) is 5.54 Å². The first-order valence-corrected chi connectivity index (χ1v) is 7.57. The zero-order chi connectivity index (χ0) is 16.0. The Morgan fingerprint density at radius 1 is 1.30 bits per heavy atom. The molecule has 1 fully saturated rings. The number of hydrogen-bond donors (Lipinski definition) is 2. The molecular formula is C16H23ClF2N2O2. The summed E-state index contributed by atoms with van der Waals surface area (Å²) < 4.78 is 29.2. The molecule has 130 valence electrons. The Hall–Kier alpha value is -1.40. The van der Waals surface area contributed by atoms with Gasteiger partial charge in [0.1, 0.15) is 12.4 Å². The van der Waals surface area contributed by atoms with Gasteiger partial charge in [0.25, 0.3) is 6.43 Å². The minimum atomic E-state index is -2.51. The van der Waals surface area contributed by atoms with Crippen molar-refractivity contribution in [3.63, 3.8) is 0 Å². The van der Waals surface area contributed by atoms with Crippen molar-refractivity contribution in [1.29, 1.82) is 0 Å². The standard InChI is InChI=1S/C16H22F2N2O2.ClH/c17-14(18)11-22-13-6-4-5-12(9-13)10-20-15(21)16(19)7-2-1-3-8-16;/h4-6,9,14H,1-3,7-8,10-11,19H2,(H,20,21);1H. The van der Waals surface area contributed by atoms with Crippen LogP contribution in [0.4, 0.5) is 8.78 Å². The largest absolute Gasteiger partial charge is 0.488 e. The Bertz CT molecular complexity index is 509. The topological polar surface area (TPSA) is 64.4 Å². The van der Waals surface area contributed by atoms with E-state index in [-0.39, 0.29) is 18.3 Å². The van der Waals surface area contributed by atoms with E-state index in [4.69, 9.17) is 10.5 Å². The normalized spacial score (nSPS) is 16.5. The monoisotopic (exact) mass is 348 g/mol. The van der Waals surface area contributed by atoms with Gasteiger partial charge in [-0.05, 0) is 30.5 Å².